The molecule has 0 bridgehead atoms. The van der Waals surface area contributed by atoms with E-state index in [0.29, 0.717) is 0 Å². The minimum Gasteiger partial charge on any atom is -0.466 e. The molecule has 0 unspecified atom stereocenters. The van der Waals surface area contributed by atoms with Gasteiger partial charge in [0, 0.05) is 6.08 Å². The van der Waals surface area contributed by atoms with E-state index in [0.717, 1.165) is 12.3 Å². The minimum atomic E-state index is -0.216. The van der Waals surface area contributed by atoms with E-state index in [9.17, 15) is 4.79 Å². The number of carbonyl (C=O) groups excluding carboxylic acids is 1. The summed E-state index contributed by atoms with van der Waals surface area (Å²) >= 11 is 0. The second-order valence-corrected chi connectivity index (χ2v) is 4.96. The molecule has 0 aromatic carbocycles. The van der Waals surface area contributed by atoms with Crippen LogP contribution in [0.1, 0.15) is 46.5 Å². The third-order valence-electron chi connectivity index (χ3n) is 3.71. The van der Waals surface area contributed by atoms with Gasteiger partial charge in [0.25, 0.3) is 0 Å². The normalized spacial score (nSPS) is 26.1. The molecule has 1 aliphatic rings. The van der Waals surface area contributed by atoms with Crippen molar-refractivity contribution in [1.29, 1.82) is 0 Å². The molecule has 1 rings (SSSR count). The van der Waals surface area contributed by atoms with Gasteiger partial charge >= 0.3 is 5.97 Å². The first kappa shape index (κ1) is 12.3. The van der Waals surface area contributed by atoms with Crippen LogP contribution in [0.5, 0.6) is 0 Å². The van der Waals surface area contributed by atoms with Crippen molar-refractivity contribution < 1.29 is 9.53 Å². The van der Waals surface area contributed by atoms with Crippen LogP contribution in [0, 0.1) is 11.3 Å². The Kier molecular flexibility index (Phi) is 3.95. The lowest BCUT2D eigenvalue weighted by Gasteiger charge is -2.47. The third-order valence-corrected chi connectivity index (χ3v) is 3.71. The summed E-state index contributed by atoms with van der Waals surface area (Å²) in [5.41, 5.74) is 1.44. The van der Waals surface area contributed by atoms with Gasteiger partial charge in [-0.05, 0) is 24.2 Å². The van der Waals surface area contributed by atoms with E-state index in [1.54, 1.807) is 6.08 Å². The molecule has 0 amide bonds. The second kappa shape index (κ2) is 4.82. The smallest absolute Gasteiger partial charge is 0.330 e. The standard InChI is InChI=1S/C13H22O2/c1-5-6-7-10-8-11(13(10,2)3)9-12(14)15-4/h9-10H,5-8H2,1-4H3/b11-9+/t10-/m0/s1. The second-order valence-electron chi connectivity index (χ2n) is 4.96. The molecule has 2 nitrogen and oxygen atoms in total. The van der Waals surface area contributed by atoms with Gasteiger partial charge in [-0.25, -0.2) is 4.79 Å². The van der Waals surface area contributed by atoms with Gasteiger partial charge in [-0.1, -0.05) is 39.2 Å². The predicted octanol–water partition coefficient (Wildman–Crippen LogP) is 3.32. The summed E-state index contributed by atoms with van der Waals surface area (Å²) in [6, 6.07) is 0. The van der Waals surface area contributed by atoms with Crippen molar-refractivity contribution in [2.24, 2.45) is 11.3 Å². The Morgan fingerprint density at radius 3 is 2.73 bits per heavy atom. The number of hydrogen-bond acceptors (Lipinski definition) is 2. The molecule has 15 heavy (non-hydrogen) atoms. The van der Waals surface area contributed by atoms with Gasteiger partial charge in [-0.15, -0.1) is 0 Å². The first-order valence-corrected chi connectivity index (χ1v) is 5.81. The lowest BCUT2D eigenvalue weighted by Crippen LogP contribution is -2.38. The van der Waals surface area contributed by atoms with E-state index in [1.807, 2.05) is 0 Å². The first-order valence-electron chi connectivity index (χ1n) is 5.81. The maximum absolute atomic E-state index is 11.1. The Morgan fingerprint density at radius 1 is 1.60 bits per heavy atom. The lowest BCUT2D eigenvalue weighted by molar-refractivity contribution is -0.135. The van der Waals surface area contributed by atoms with Crippen molar-refractivity contribution in [3.05, 3.63) is 11.6 Å². The average Bonchev–Trinajstić information content (AvgIpc) is 2.21. The van der Waals surface area contributed by atoms with Crippen molar-refractivity contribution in [3.8, 4) is 0 Å². The number of methoxy groups -OCH3 is 1. The van der Waals surface area contributed by atoms with Crippen molar-refractivity contribution in [2.45, 2.75) is 46.5 Å². The van der Waals surface area contributed by atoms with Crippen LogP contribution in [0.2, 0.25) is 0 Å². The van der Waals surface area contributed by atoms with E-state index in [2.05, 4.69) is 25.5 Å². The van der Waals surface area contributed by atoms with Crippen molar-refractivity contribution in [1.82, 2.24) is 0 Å². The fourth-order valence-corrected chi connectivity index (χ4v) is 2.27. The lowest BCUT2D eigenvalue weighted by atomic mass is 9.57. The summed E-state index contributed by atoms with van der Waals surface area (Å²) in [5.74, 6) is 0.528. The molecule has 0 spiro atoms. The molecule has 0 heterocycles. The molecule has 0 radical (unpaired) electrons. The SMILES string of the molecule is CCCC[C@H]1C/C(=C\C(=O)OC)C1(C)C. The first-order chi connectivity index (χ1) is 7.02. The Hall–Kier alpha value is -0.790. The molecule has 0 N–H and O–H groups in total. The van der Waals surface area contributed by atoms with Crippen LogP contribution in [-0.2, 0) is 9.53 Å². The number of carbonyl (C=O) groups is 1. The zero-order valence-electron chi connectivity index (χ0n) is 10.3. The zero-order valence-corrected chi connectivity index (χ0v) is 10.3. The van der Waals surface area contributed by atoms with E-state index in [1.165, 1.54) is 31.9 Å². The predicted molar refractivity (Wildman–Crippen MR) is 61.5 cm³/mol. The summed E-state index contributed by atoms with van der Waals surface area (Å²) in [7, 11) is 1.43. The minimum absolute atomic E-state index is 0.198. The van der Waals surface area contributed by atoms with Crippen LogP contribution in [0.15, 0.2) is 11.6 Å². The summed E-state index contributed by atoms with van der Waals surface area (Å²) < 4.78 is 4.65. The maximum Gasteiger partial charge on any atom is 0.330 e. The van der Waals surface area contributed by atoms with Crippen molar-refractivity contribution in [3.63, 3.8) is 0 Å². The van der Waals surface area contributed by atoms with Gasteiger partial charge in [0.15, 0.2) is 0 Å². The Balaban J connectivity index is 2.55. The maximum atomic E-state index is 11.1. The molecule has 1 saturated carbocycles. The molecular formula is C13H22O2. The Labute approximate surface area is 92.7 Å². The van der Waals surface area contributed by atoms with Gasteiger partial charge in [0.2, 0.25) is 0 Å². The largest absolute Gasteiger partial charge is 0.466 e. The molecule has 0 saturated heterocycles. The number of esters is 1. The third kappa shape index (κ3) is 2.61. The molecule has 0 aromatic rings. The Morgan fingerprint density at radius 2 is 2.27 bits per heavy atom. The van der Waals surface area contributed by atoms with Gasteiger partial charge < -0.3 is 4.74 Å². The van der Waals surface area contributed by atoms with E-state index < -0.39 is 0 Å². The fraction of sp³-hybridized carbons (Fsp3) is 0.769. The highest BCUT2D eigenvalue weighted by molar-refractivity contribution is 5.83. The number of ether oxygens (including phenoxy) is 1. The summed E-state index contributed by atoms with van der Waals surface area (Å²) in [6.45, 7) is 6.67. The molecule has 1 atom stereocenters. The van der Waals surface area contributed by atoms with Gasteiger partial charge in [0.1, 0.15) is 0 Å². The highest BCUT2D eigenvalue weighted by Crippen LogP contribution is 2.52. The highest BCUT2D eigenvalue weighted by Gasteiger charge is 2.42. The quantitative estimate of drug-likeness (QED) is 0.525. The molecular weight excluding hydrogens is 188 g/mol. The van der Waals surface area contributed by atoms with Crippen LogP contribution in [0.4, 0.5) is 0 Å². The van der Waals surface area contributed by atoms with E-state index >= 15 is 0 Å². The molecule has 86 valence electrons. The number of rotatable bonds is 4. The van der Waals surface area contributed by atoms with Gasteiger partial charge in [0.05, 0.1) is 7.11 Å². The number of hydrogen-bond donors (Lipinski definition) is 0. The topological polar surface area (TPSA) is 26.3 Å². The van der Waals surface area contributed by atoms with Crippen molar-refractivity contribution in [2.75, 3.05) is 7.11 Å². The van der Waals surface area contributed by atoms with E-state index in [-0.39, 0.29) is 11.4 Å². The summed E-state index contributed by atoms with van der Waals surface area (Å²) in [6.07, 6.45) is 6.56. The van der Waals surface area contributed by atoms with Crippen LogP contribution >= 0.6 is 0 Å². The van der Waals surface area contributed by atoms with Crippen LogP contribution in [0.3, 0.4) is 0 Å². The molecule has 1 aliphatic carbocycles. The molecule has 2 heteroatoms. The van der Waals surface area contributed by atoms with Gasteiger partial charge in [-0.2, -0.15) is 0 Å². The fourth-order valence-electron chi connectivity index (χ4n) is 2.27. The molecule has 1 fully saturated rings. The zero-order chi connectivity index (χ0) is 11.5. The van der Waals surface area contributed by atoms with Crippen LogP contribution < -0.4 is 0 Å². The van der Waals surface area contributed by atoms with Crippen molar-refractivity contribution >= 4 is 5.97 Å². The summed E-state index contributed by atoms with van der Waals surface area (Å²) in [4.78, 5) is 11.1. The van der Waals surface area contributed by atoms with Crippen LogP contribution in [0.25, 0.3) is 0 Å². The number of unbranched alkanes of at least 4 members (excludes halogenated alkanes) is 1. The highest BCUT2D eigenvalue weighted by atomic mass is 16.5. The monoisotopic (exact) mass is 210 g/mol. The molecule has 0 aromatic heterocycles. The van der Waals surface area contributed by atoms with E-state index in [4.69, 9.17) is 0 Å². The average molecular weight is 210 g/mol. The number of allylic oxidation sites excluding steroid dienone is 1. The van der Waals surface area contributed by atoms with Gasteiger partial charge in [-0.3, -0.25) is 0 Å². The van der Waals surface area contributed by atoms with Crippen LogP contribution in [-0.4, -0.2) is 13.1 Å². The molecule has 0 aliphatic heterocycles. The summed E-state index contributed by atoms with van der Waals surface area (Å²) in [5, 5.41) is 0. The Bertz CT molecular complexity index is 264.